The number of unbranched alkanes of at least 4 members (excludes halogenated alkanes) is 6. The molecule has 0 spiro atoms. The maximum atomic E-state index is 11.4. The van der Waals surface area contributed by atoms with Crippen molar-refractivity contribution in [2.75, 3.05) is 0 Å². The number of hydrogen-bond donors (Lipinski definition) is 2. The highest BCUT2D eigenvalue weighted by Crippen LogP contribution is 2.09. The highest BCUT2D eigenvalue weighted by molar-refractivity contribution is 5.88. The molecular weight excluding hydrogens is 274 g/mol. The normalized spacial score (nSPS) is 11.9. The SMILES string of the molecule is CCCCCCCCCC(=O)OC(=O)[C@H](N)CCC(=O)O. The number of nitrogens with two attached hydrogens (primary N) is 1. The highest BCUT2D eigenvalue weighted by Gasteiger charge is 2.19. The Morgan fingerprint density at radius 2 is 1.57 bits per heavy atom. The molecule has 3 N–H and O–H groups in total. The minimum absolute atomic E-state index is 0.0289. The van der Waals surface area contributed by atoms with Crippen LogP contribution in [-0.4, -0.2) is 29.1 Å². The van der Waals surface area contributed by atoms with Crippen LogP contribution >= 0.6 is 0 Å². The summed E-state index contributed by atoms with van der Waals surface area (Å²) in [6.45, 7) is 2.16. The number of rotatable bonds is 12. The Bertz CT molecular complexity index is 330. The van der Waals surface area contributed by atoms with Crippen LogP contribution in [0.5, 0.6) is 0 Å². The fourth-order valence-electron chi connectivity index (χ4n) is 1.86. The summed E-state index contributed by atoms with van der Waals surface area (Å²) < 4.78 is 4.59. The van der Waals surface area contributed by atoms with Crippen molar-refractivity contribution in [1.29, 1.82) is 0 Å². The lowest BCUT2D eigenvalue weighted by Gasteiger charge is -2.09. The van der Waals surface area contributed by atoms with E-state index in [1.165, 1.54) is 25.7 Å². The molecule has 0 heterocycles. The second-order valence-corrected chi connectivity index (χ2v) is 5.20. The van der Waals surface area contributed by atoms with Gasteiger partial charge in [0.2, 0.25) is 0 Å². The molecule has 1 atom stereocenters. The van der Waals surface area contributed by atoms with Crippen molar-refractivity contribution in [2.45, 2.75) is 77.2 Å². The van der Waals surface area contributed by atoms with Crippen molar-refractivity contribution < 1.29 is 24.2 Å². The summed E-state index contributed by atoms with van der Waals surface area (Å²) >= 11 is 0. The molecule has 122 valence electrons. The number of carboxylic acid groups (broad SMARTS) is 1. The number of hydrogen-bond acceptors (Lipinski definition) is 5. The Morgan fingerprint density at radius 1 is 1.00 bits per heavy atom. The average Bonchev–Trinajstić information content (AvgIpc) is 2.43. The minimum atomic E-state index is -1.06. The predicted octanol–water partition coefficient (Wildman–Crippen LogP) is 2.39. The summed E-state index contributed by atoms with van der Waals surface area (Å²) in [6, 6.07) is -1.06. The van der Waals surface area contributed by atoms with Gasteiger partial charge in [-0.2, -0.15) is 0 Å². The number of carbonyl (C=O) groups excluding carboxylic acids is 2. The van der Waals surface area contributed by atoms with Crippen LogP contribution in [0, 0.1) is 0 Å². The molecule has 0 aromatic rings. The third kappa shape index (κ3) is 12.1. The lowest BCUT2D eigenvalue weighted by Crippen LogP contribution is -2.34. The lowest BCUT2D eigenvalue weighted by atomic mass is 10.1. The summed E-state index contributed by atoms with van der Waals surface area (Å²) in [5, 5.41) is 8.47. The molecule has 6 nitrogen and oxygen atoms in total. The first kappa shape index (κ1) is 19.6. The molecule has 0 saturated heterocycles. The summed E-state index contributed by atoms with van der Waals surface area (Å²) in [5.74, 6) is -2.46. The minimum Gasteiger partial charge on any atom is -0.481 e. The molecule has 0 saturated carbocycles. The van der Waals surface area contributed by atoms with E-state index in [0.717, 1.165) is 12.8 Å². The first-order valence-electron chi connectivity index (χ1n) is 7.69. The number of ether oxygens (including phenoxy) is 1. The largest absolute Gasteiger partial charge is 0.481 e. The van der Waals surface area contributed by atoms with Crippen LogP contribution < -0.4 is 5.73 Å². The van der Waals surface area contributed by atoms with Crippen molar-refractivity contribution in [2.24, 2.45) is 5.73 Å². The molecule has 0 fully saturated rings. The van der Waals surface area contributed by atoms with Crippen molar-refractivity contribution in [1.82, 2.24) is 0 Å². The van der Waals surface area contributed by atoms with Crippen LogP contribution in [0.15, 0.2) is 0 Å². The van der Waals surface area contributed by atoms with Crippen LogP contribution in [0.2, 0.25) is 0 Å². The molecule has 0 radical (unpaired) electrons. The van der Waals surface area contributed by atoms with Crippen LogP contribution in [0.3, 0.4) is 0 Å². The lowest BCUT2D eigenvalue weighted by molar-refractivity contribution is -0.160. The Balaban J connectivity index is 3.64. The van der Waals surface area contributed by atoms with Gasteiger partial charge < -0.3 is 15.6 Å². The van der Waals surface area contributed by atoms with E-state index in [9.17, 15) is 14.4 Å². The zero-order chi connectivity index (χ0) is 16.1. The predicted molar refractivity (Wildman–Crippen MR) is 78.6 cm³/mol. The molecule has 0 aliphatic rings. The molecule has 0 aliphatic carbocycles. The van der Waals surface area contributed by atoms with Crippen molar-refractivity contribution in [3.63, 3.8) is 0 Å². The van der Waals surface area contributed by atoms with Crippen LogP contribution in [0.4, 0.5) is 0 Å². The maximum absolute atomic E-state index is 11.4. The first-order valence-corrected chi connectivity index (χ1v) is 7.69. The summed E-state index contributed by atoms with van der Waals surface area (Å²) in [6.07, 6.45) is 7.51. The van der Waals surface area contributed by atoms with Gasteiger partial charge in [-0.1, -0.05) is 45.4 Å². The van der Waals surface area contributed by atoms with Crippen molar-refractivity contribution in [3.05, 3.63) is 0 Å². The van der Waals surface area contributed by atoms with E-state index in [0.29, 0.717) is 6.42 Å². The van der Waals surface area contributed by atoms with E-state index in [4.69, 9.17) is 10.8 Å². The number of esters is 2. The molecule has 6 heteroatoms. The van der Waals surface area contributed by atoms with Gasteiger partial charge in [0.25, 0.3) is 0 Å². The van der Waals surface area contributed by atoms with Gasteiger partial charge in [0.1, 0.15) is 6.04 Å². The van der Waals surface area contributed by atoms with E-state index in [1.54, 1.807) is 0 Å². The highest BCUT2D eigenvalue weighted by atomic mass is 16.6. The molecule has 0 aliphatic heterocycles. The van der Waals surface area contributed by atoms with Crippen LogP contribution in [0.25, 0.3) is 0 Å². The zero-order valence-corrected chi connectivity index (χ0v) is 12.8. The zero-order valence-electron chi connectivity index (χ0n) is 12.8. The van der Waals surface area contributed by atoms with E-state index in [1.807, 2.05) is 0 Å². The smallest absolute Gasteiger partial charge is 0.330 e. The van der Waals surface area contributed by atoms with Gasteiger partial charge >= 0.3 is 17.9 Å². The Morgan fingerprint density at radius 3 is 2.14 bits per heavy atom. The van der Waals surface area contributed by atoms with E-state index >= 15 is 0 Å². The van der Waals surface area contributed by atoms with Gasteiger partial charge in [-0.15, -0.1) is 0 Å². The number of aliphatic carboxylic acids is 1. The van der Waals surface area contributed by atoms with Crippen molar-refractivity contribution >= 4 is 17.9 Å². The fourth-order valence-corrected chi connectivity index (χ4v) is 1.86. The molecule has 0 aromatic heterocycles. The maximum Gasteiger partial charge on any atom is 0.330 e. The summed E-state index contributed by atoms with van der Waals surface area (Å²) in [5.41, 5.74) is 5.45. The van der Waals surface area contributed by atoms with Gasteiger partial charge in [-0.05, 0) is 12.8 Å². The summed E-state index contributed by atoms with van der Waals surface area (Å²) in [4.78, 5) is 33.2. The standard InChI is InChI=1S/C15H27NO5/c1-2-3-4-5-6-7-8-9-14(19)21-15(20)12(16)10-11-13(17)18/h12H,2-11,16H2,1H3,(H,17,18)/t12-/m1/s1. The van der Waals surface area contributed by atoms with Gasteiger partial charge in [0, 0.05) is 12.8 Å². The Hall–Kier alpha value is -1.43. The number of carbonyl (C=O) groups is 3. The van der Waals surface area contributed by atoms with Crippen LogP contribution in [-0.2, 0) is 19.1 Å². The monoisotopic (exact) mass is 301 g/mol. The molecule has 0 bridgehead atoms. The fraction of sp³-hybridized carbons (Fsp3) is 0.800. The molecule has 0 unspecified atom stereocenters. The van der Waals surface area contributed by atoms with Gasteiger partial charge in [-0.3, -0.25) is 9.59 Å². The van der Waals surface area contributed by atoms with E-state index < -0.39 is 23.9 Å². The quantitative estimate of drug-likeness (QED) is 0.325. The Kier molecular flexibility index (Phi) is 11.5. The topological polar surface area (TPSA) is 107 Å². The molecular formula is C15H27NO5. The van der Waals surface area contributed by atoms with Crippen molar-refractivity contribution in [3.8, 4) is 0 Å². The third-order valence-electron chi connectivity index (χ3n) is 3.17. The average molecular weight is 301 g/mol. The van der Waals surface area contributed by atoms with E-state index in [2.05, 4.69) is 11.7 Å². The Labute approximate surface area is 126 Å². The molecule has 0 rings (SSSR count). The third-order valence-corrected chi connectivity index (χ3v) is 3.17. The molecule has 0 amide bonds. The first-order chi connectivity index (χ1) is 9.97. The number of carboxylic acids is 1. The second kappa shape index (κ2) is 12.3. The van der Waals surface area contributed by atoms with Gasteiger partial charge in [0.05, 0.1) is 0 Å². The molecule has 21 heavy (non-hydrogen) atoms. The summed E-state index contributed by atoms with van der Waals surface area (Å²) in [7, 11) is 0. The second-order valence-electron chi connectivity index (χ2n) is 5.20. The molecule has 0 aromatic carbocycles. The van der Waals surface area contributed by atoms with Crippen LogP contribution in [0.1, 0.15) is 71.1 Å². The van der Waals surface area contributed by atoms with E-state index in [-0.39, 0.29) is 19.3 Å². The van der Waals surface area contributed by atoms with Gasteiger partial charge in [-0.25, -0.2) is 4.79 Å². The van der Waals surface area contributed by atoms with Gasteiger partial charge in [0.15, 0.2) is 0 Å².